The monoisotopic (exact) mass is 439 g/mol. The molecule has 2 N–H and O–H groups in total. The summed E-state index contributed by atoms with van der Waals surface area (Å²) in [6, 6.07) is 13.5. The number of ether oxygens (including phenoxy) is 1. The number of benzene rings is 1. The molecule has 0 saturated carbocycles. The molecule has 2 heterocycles. The molecule has 1 saturated heterocycles. The third kappa shape index (κ3) is 7.23. The van der Waals surface area contributed by atoms with Gasteiger partial charge in [0.15, 0.2) is 0 Å². The van der Waals surface area contributed by atoms with E-state index < -0.39 is 0 Å². The first-order valence-corrected chi connectivity index (χ1v) is 11.1. The van der Waals surface area contributed by atoms with Crippen molar-refractivity contribution >= 4 is 17.8 Å². The number of carbonyl (C=O) groups excluding carboxylic acids is 2. The summed E-state index contributed by atoms with van der Waals surface area (Å²) in [7, 11) is 1.73. The summed E-state index contributed by atoms with van der Waals surface area (Å²) in [5, 5.41) is 5.66. The molecule has 2 unspecified atom stereocenters. The number of carbonyl (C=O) groups is 2. The number of anilines is 1. The largest absolute Gasteiger partial charge is 0.372 e. The van der Waals surface area contributed by atoms with Crippen molar-refractivity contribution in [1.82, 2.24) is 20.5 Å². The quantitative estimate of drug-likeness (QED) is 0.660. The van der Waals surface area contributed by atoms with Gasteiger partial charge in [-0.1, -0.05) is 36.4 Å². The maximum absolute atomic E-state index is 12.2. The van der Waals surface area contributed by atoms with Crippen LogP contribution in [0.5, 0.6) is 0 Å². The van der Waals surface area contributed by atoms with Gasteiger partial charge in [-0.15, -0.1) is 0 Å². The van der Waals surface area contributed by atoms with Crippen LogP contribution in [0.25, 0.3) is 0 Å². The van der Waals surface area contributed by atoms with Crippen molar-refractivity contribution in [2.75, 3.05) is 31.6 Å². The number of rotatable bonds is 8. The van der Waals surface area contributed by atoms with Crippen molar-refractivity contribution in [3.8, 4) is 0 Å². The first-order valence-electron chi connectivity index (χ1n) is 11.1. The Morgan fingerprint density at radius 1 is 1.06 bits per heavy atom. The van der Waals surface area contributed by atoms with E-state index in [1.165, 1.54) is 0 Å². The van der Waals surface area contributed by atoms with Crippen LogP contribution in [0.1, 0.15) is 31.4 Å². The lowest BCUT2D eigenvalue weighted by molar-refractivity contribution is -0.121. The van der Waals surface area contributed by atoms with Crippen LogP contribution in [0.3, 0.4) is 0 Å². The highest BCUT2D eigenvalue weighted by Crippen LogP contribution is 2.18. The van der Waals surface area contributed by atoms with Gasteiger partial charge in [0, 0.05) is 52.4 Å². The van der Waals surface area contributed by atoms with E-state index in [1.54, 1.807) is 18.1 Å². The molecule has 1 aliphatic rings. The molecule has 0 aliphatic carbocycles. The number of pyridine rings is 1. The van der Waals surface area contributed by atoms with Gasteiger partial charge in [-0.25, -0.2) is 9.78 Å². The highest BCUT2D eigenvalue weighted by atomic mass is 16.5. The molecule has 0 radical (unpaired) electrons. The van der Waals surface area contributed by atoms with E-state index in [4.69, 9.17) is 4.74 Å². The van der Waals surface area contributed by atoms with Crippen LogP contribution in [0.2, 0.25) is 0 Å². The van der Waals surface area contributed by atoms with Crippen LogP contribution in [0.15, 0.2) is 48.7 Å². The Balaban J connectivity index is 1.35. The smallest absolute Gasteiger partial charge is 0.317 e. The Bertz CT molecular complexity index is 865. The van der Waals surface area contributed by atoms with Crippen molar-refractivity contribution in [2.24, 2.45) is 0 Å². The summed E-state index contributed by atoms with van der Waals surface area (Å²) in [4.78, 5) is 32.7. The Hall–Kier alpha value is -3.13. The van der Waals surface area contributed by atoms with E-state index >= 15 is 0 Å². The predicted octanol–water partition coefficient (Wildman–Crippen LogP) is 2.54. The molecule has 2 atom stereocenters. The van der Waals surface area contributed by atoms with E-state index in [9.17, 15) is 9.59 Å². The van der Waals surface area contributed by atoms with E-state index in [1.807, 2.05) is 42.5 Å². The highest BCUT2D eigenvalue weighted by Gasteiger charge is 2.23. The fraction of sp³-hybridized carbons (Fsp3) is 0.458. The number of hydrogen-bond acceptors (Lipinski definition) is 5. The van der Waals surface area contributed by atoms with Crippen LogP contribution in [-0.2, 0) is 22.6 Å². The maximum Gasteiger partial charge on any atom is 0.317 e. The summed E-state index contributed by atoms with van der Waals surface area (Å²) < 4.78 is 5.77. The Morgan fingerprint density at radius 2 is 1.78 bits per heavy atom. The molecule has 8 heteroatoms. The van der Waals surface area contributed by atoms with Crippen molar-refractivity contribution in [1.29, 1.82) is 0 Å². The summed E-state index contributed by atoms with van der Waals surface area (Å²) in [5.74, 6) is 0.806. The van der Waals surface area contributed by atoms with Gasteiger partial charge >= 0.3 is 6.03 Å². The minimum atomic E-state index is -0.201. The van der Waals surface area contributed by atoms with Gasteiger partial charge in [0.05, 0.1) is 12.2 Å². The minimum Gasteiger partial charge on any atom is -0.372 e. The van der Waals surface area contributed by atoms with E-state index in [0.29, 0.717) is 13.1 Å². The Labute approximate surface area is 190 Å². The van der Waals surface area contributed by atoms with Crippen LogP contribution >= 0.6 is 0 Å². The number of hydrogen-bond donors (Lipinski definition) is 2. The Morgan fingerprint density at radius 3 is 2.44 bits per heavy atom. The molecule has 1 aromatic carbocycles. The molecule has 0 spiro atoms. The minimum absolute atomic E-state index is 0.115. The molecule has 8 nitrogen and oxygen atoms in total. The standard InChI is InChI=1S/C24H33N5O3/c1-18-15-29(16-19(2)32-18)22-10-9-21(13-26-22)14-27-23(30)11-12-25-24(31)28(3)17-20-7-5-4-6-8-20/h4-10,13,18-19H,11-12,14-17H2,1-3H3,(H,25,31)(H,27,30). The number of amides is 3. The van der Waals surface area contributed by atoms with Crippen molar-refractivity contribution in [3.05, 3.63) is 59.8 Å². The zero-order valence-corrected chi connectivity index (χ0v) is 19.1. The topological polar surface area (TPSA) is 86.8 Å². The SMILES string of the molecule is CC1CN(c2ccc(CNC(=O)CCNC(=O)N(C)Cc3ccccc3)cn2)CC(C)O1. The maximum atomic E-state index is 12.2. The third-order valence-electron chi connectivity index (χ3n) is 5.28. The van der Waals surface area contributed by atoms with Gasteiger partial charge in [-0.3, -0.25) is 4.79 Å². The van der Waals surface area contributed by atoms with Crippen molar-refractivity contribution < 1.29 is 14.3 Å². The van der Waals surface area contributed by atoms with Crippen molar-refractivity contribution in [3.63, 3.8) is 0 Å². The second-order valence-corrected chi connectivity index (χ2v) is 8.29. The lowest BCUT2D eigenvalue weighted by Crippen LogP contribution is -2.45. The lowest BCUT2D eigenvalue weighted by atomic mass is 10.2. The van der Waals surface area contributed by atoms with Gasteiger partial charge < -0.3 is 25.2 Å². The van der Waals surface area contributed by atoms with Crippen LogP contribution in [0, 0.1) is 0 Å². The van der Waals surface area contributed by atoms with Crippen LogP contribution in [-0.4, -0.2) is 60.7 Å². The summed E-state index contributed by atoms with van der Waals surface area (Å²) in [5.41, 5.74) is 1.99. The third-order valence-corrected chi connectivity index (χ3v) is 5.28. The van der Waals surface area contributed by atoms with Gasteiger partial charge in [0.2, 0.25) is 5.91 Å². The number of morpholine rings is 1. The zero-order valence-electron chi connectivity index (χ0n) is 19.1. The summed E-state index contributed by atoms with van der Waals surface area (Å²) >= 11 is 0. The average molecular weight is 440 g/mol. The number of urea groups is 1. The van der Waals surface area contributed by atoms with Crippen LogP contribution in [0.4, 0.5) is 10.6 Å². The molecule has 2 aromatic rings. The zero-order chi connectivity index (χ0) is 22.9. The molecule has 1 fully saturated rings. The number of nitrogens with zero attached hydrogens (tertiary/aromatic N) is 3. The second-order valence-electron chi connectivity index (χ2n) is 8.29. The van der Waals surface area contributed by atoms with Gasteiger partial charge in [0.25, 0.3) is 0 Å². The predicted molar refractivity (Wildman–Crippen MR) is 124 cm³/mol. The first-order chi connectivity index (χ1) is 15.4. The second kappa shape index (κ2) is 11.5. The van der Waals surface area contributed by atoms with E-state index in [0.717, 1.165) is 30.0 Å². The molecule has 3 rings (SSSR count). The van der Waals surface area contributed by atoms with Gasteiger partial charge in [0.1, 0.15) is 5.82 Å². The molecule has 172 valence electrons. The van der Waals surface area contributed by atoms with E-state index in [2.05, 4.69) is 34.4 Å². The molecule has 32 heavy (non-hydrogen) atoms. The Kier molecular flexibility index (Phi) is 8.44. The van der Waals surface area contributed by atoms with Crippen molar-refractivity contribution in [2.45, 2.75) is 45.6 Å². The highest BCUT2D eigenvalue weighted by molar-refractivity contribution is 5.78. The molecule has 1 aromatic heterocycles. The molecule has 1 aliphatic heterocycles. The molecule has 3 amide bonds. The first kappa shape index (κ1) is 23.5. The van der Waals surface area contributed by atoms with Gasteiger partial charge in [-0.2, -0.15) is 0 Å². The number of aromatic nitrogens is 1. The fourth-order valence-electron chi connectivity index (χ4n) is 3.71. The summed E-state index contributed by atoms with van der Waals surface area (Å²) in [6.07, 6.45) is 2.37. The lowest BCUT2D eigenvalue weighted by Gasteiger charge is -2.36. The molecular formula is C24H33N5O3. The average Bonchev–Trinajstić information content (AvgIpc) is 2.78. The fourth-order valence-corrected chi connectivity index (χ4v) is 3.71. The van der Waals surface area contributed by atoms with Crippen LogP contribution < -0.4 is 15.5 Å². The van der Waals surface area contributed by atoms with E-state index in [-0.39, 0.29) is 37.1 Å². The molecular weight excluding hydrogens is 406 g/mol. The molecule has 0 bridgehead atoms. The van der Waals surface area contributed by atoms with Gasteiger partial charge in [-0.05, 0) is 31.0 Å². The normalized spacial score (nSPS) is 18.2. The number of nitrogens with one attached hydrogen (secondary N) is 2. The summed E-state index contributed by atoms with van der Waals surface area (Å²) in [6.45, 7) is 6.98.